The van der Waals surface area contributed by atoms with Gasteiger partial charge in [-0.3, -0.25) is 9.59 Å². The van der Waals surface area contributed by atoms with E-state index in [1.165, 1.54) is 12.1 Å². The van der Waals surface area contributed by atoms with Crippen molar-refractivity contribution in [2.75, 3.05) is 13.1 Å². The Morgan fingerprint density at radius 2 is 1.88 bits per heavy atom. The maximum atomic E-state index is 13.4. The predicted molar refractivity (Wildman–Crippen MR) is 120 cm³/mol. The molecule has 7 nitrogen and oxygen atoms in total. The first-order valence-corrected chi connectivity index (χ1v) is 11.4. The molecule has 3 aromatic rings. The standard InChI is InChI=1S/C25H26FN5O2/c26-21-8-4-5-17(13-21)14-27-24(32)20-9-10-22-28-29-23(31(22)16-20)19-11-12-30(15-19)25(33)18-6-2-1-3-7-18/h1-8,13,19-20H,9-12,14-16H2,(H,27,32)/t19-,20+/m0/s1. The summed E-state index contributed by atoms with van der Waals surface area (Å²) in [5, 5.41) is 11.7. The topological polar surface area (TPSA) is 80.1 Å². The molecule has 2 aromatic carbocycles. The first-order valence-electron chi connectivity index (χ1n) is 11.4. The third-order valence-electron chi connectivity index (χ3n) is 6.56. The summed E-state index contributed by atoms with van der Waals surface area (Å²) < 4.78 is 15.5. The third kappa shape index (κ3) is 4.51. The van der Waals surface area contributed by atoms with E-state index in [0.29, 0.717) is 44.6 Å². The number of aryl methyl sites for hydroxylation is 1. The van der Waals surface area contributed by atoms with Crippen LogP contribution in [0.5, 0.6) is 0 Å². The minimum atomic E-state index is -0.311. The number of nitrogens with zero attached hydrogens (tertiary/aromatic N) is 4. The lowest BCUT2D eigenvalue weighted by Gasteiger charge is -2.25. The fraction of sp³-hybridized carbons (Fsp3) is 0.360. The van der Waals surface area contributed by atoms with Crippen molar-refractivity contribution >= 4 is 11.8 Å². The summed E-state index contributed by atoms with van der Waals surface area (Å²) >= 11 is 0. The van der Waals surface area contributed by atoms with Crippen molar-refractivity contribution in [3.05, 3.63) is 83.2 Å². The molecule has 3 heterocycles. The second-order valence-electron chi connectivity index (χ2n) is 8.77. The Kier molecular flexibility index (Phi) is 5.90. The summed E-state index contributed by atoms with van der Waals surface area (Å²) in [6, 6.07) is 15.6. The van der Waals surface area contributed by atoms with Crippen LogP contribution >= 0.6 is 0 Å². The number of carbonyl (C=O) groups excluding carboxylic acids is 2. The molecule has 0 spiro atoms. The number of amides is 2. The van der Waals surface area contributed by atoms with Gasteiger partial charge in [0.1, 0.15) is 17.5 Å². The number of halogens is 1. The quantitative estimate of drug-likeness (QED) is 0.652. The molecule has 170 valence electrons. The highest BCUT2D eigenvalue weighted by Crippen LogP contribution is 2.30. The molecule has 0 aliphatic carbocycles. The molecule has 0 unspecified atom stereocenters. The van der Waals surface area contributed by atoms with Crippen LogP contribution in [0.2, 0.25) is 0 Å². The number of fused-ring (bicyclic) bond motifs is 1. The van der Waals surface area contributed by atoms with Crippen molar-refractivity contribution in [3.63, 3.8) is 0 Å². The summed E-state index contributed by atoms with van der Waals surface area (Å²) in [5.74, 6) is 1.35. The van der Waals surface area contributed by atoms with E-state index in [2.05, 4.69) is 20.1 Å². The van der Waals surface area contributed by atoms with Crippen LogP contribution in [0, 0.1) is 11.7 Å². The van der Waals surface area contributed by atoms with Gasteiger partial charge in [0, 0.05) is 44.1 Å². The van der Waals surface area contributed by atoms with Crippen molar-refractivity contribution in [3.8, 4) is 0 Å². The highest BCUT2D eigenvalue weighted by molar-refractivity contribution is 5.94. The van der Waals surface area contributed by atoms with E-state index in [9.17, 15) is 14.0 Å². The van der Waals surface area contributed by atoms with E-state index in [0.717, 1.165) is 23.6 Å². The molecule has 0 saturated carbocycles. The molecular weight excluding hydrogens is 421 g/mol. The van der Waals surface area contributed by atoms with Crippen LogP contribution in [0.4, 0.5) is 4.39 Å². The van der Waals surface area contributed by atoms with Crippen LogP contribution < -0.4 is 5.32 Å². The molecular formula is C25H26FN5O2. The smallest absolute Gasteiger partial charge is 0.253 e. The van der Waals surface area contributed by atoms with Gasteiger partial charge in [0.15, 0.2) is 0 Å². The average molecular weight is 448 g/mol. The van der Waals surface area contributed by atoms with Gasteiger partial charge in [-0.25, -0.2) is 4.39 Å². The summed E-state index contributed by atoms with van der Waals surface area (Å²) in [6.45, 7) is 2.10. The Balaban J connectivity index is 1.23. The van der Waals surface area contributed by atoms with Crippen LogP contribution in [-0.4, -0.2) is 44.6 Å². The third-order valence-corrected chi connectivity index (χ3v) is 6.56. The number of hydrogen-bond acceptors (Lipinski definition) is 4. The van der Waals surface area contributed by atoms with Gasteiger partial charge in [-0.15, -0.1) is 10.2 Å². The Hall–Kier alpha value is -3.55. The van der Waals surface area contributed by atoms with Crippen molar-refractivity contribution < 1.29 is 14.0 Å². The number of rotatable bonds is 5. The summed E-state index contributed by atoms with van der Waals surface area (Å²) in [6.07, 6.45) is 2.22. The lowest BCUT2D eigenvalue weighted by Crippen LogP contribution is -2.36. The fourth-order valence-electron chi connectivity index (χ4n) is 4.76. The second kappa shape index (κ2) is 9.13. The Labute approximate surface area is 191 Å². The summed E-state index contributed by atoms with van der Waals surface area (Å²) in [7, 11) is 0. The summed E-state index contributed by atoms with van der Waals surface area (Å²) in [4.78, 5) is 27.5. The molecule has 5 rings (SSSR count). The van der Waals surface area contributed by atoms with Crippen LogP contribution in [0.1, 0.15) is 46.3 Å². The largest absolute Gasteiger partial charge is 0.352 e. The van der Waals surface area contributed by atoms with Crippen LogP contribution in [0.3, 0.4) is 0 Å². The van der Waals surface area contributed by atoms with Gasteiger partial charge in [0.25, 0.3) is 5.91 Å². The number of nitrogens with one attached hydrogen (secondary N) is 1. The average Bonchev–Trinajstić information content (AvgIpc) is 3.49. The normalized spacial score (nSPS) is 19.8. The maximum Gasteiger partial charge on any atom is 0.253 e. The number of benzene rings is 2. The van der Waals surface area contributed by atoms with Crippen molar-refractivity contribution in [1.29, 1.82) is 0 Å². The van der Waals surface area contributed by atoms with Gasteiger partial charge < -0.3 is 14.8 Å². The zero-order valence-electron chi connectivity index (χ0n) is 18.3. The number of aromatic nitrogens is 3. The number of hydrogen-bond donors (Lipinski definition) is 1. The van der Waals surface area contributed by atoms with Crippen LogP contribution in [0.15, 0.2) is 54.6 Å². The lowest BCUT2D eigenvalue weighted by molar-refractivity contribution is -0.126. The molecule has 8 heteroatoms. The highest BCUT2D eigenvalue weighted by Gasteiger charge is 2.34. The molecule has 0 bridgehead atoms. The highest BCUT2D eigenvalue weighted by atomic mass is 19.1. The van der Waals surface area contributed by atoms with Gasteiger partial charge in [-0.1, -0.05) is 30.3 Å². The zero-order valence-corrected chi connectivity index (χ0v) is 18.3. The van der Waals surface area contributed by atoms with Crippen molar-refractivity contribution in [1.82, 2.24) is 25.0 Å². The van der Waals surface area contributed by atoms with E-state index in [1.807, 2.05) is 35.2 Å². The Morgan fingerprint density at radius 3 is 2.70 bits per heavy atom. The molecule has 33 heavy (non-hydrogen) atoms. The van der Waals surface area contributed by atoms with E-state index >= 15 is 0 Å². The van der Waals surface area contributed by atoms with Gasteiger partial charge >= 0.3 is 0 Å². The van der Waals surface area contributed by atoms with E-state index < -0.39 is 0 Å². The SMILES string of the molecule is O=C(NCc1cccc(F)c1)[C@@H]1CCc2nnc([C@H]3CCN(C(=O)c4ccccc4)C3)n2C1. The summed E-state index contributed by atoms with van der Waals surface area (Å²) in [5.41, 5.74) is 1.43. The molecule has 2 amide bonds. The monoisotopic (exact) mass is 447 g/mol. The fourth-order valence-corrected chi connectivity index (χ4v) is 4.76. The van der Waals surface area contributed by atoms with Gasteiger partial charge in [-0.2, -0.15) is 0 Å². The Bertz CT molecular complexity index is 1160. The first-order chi connectivity index (χ1) is 16.1. The minimum absolute atomic E-state index is 0.0334. The lowest BCUT2D eigenvalue weighted by atomic mass is 9.97. The molecule has 2 atom stereocenters. The van der Waals surface area contributed by atoms with Gasteiger partial charge in [0.2, 0.25) is 5.91 Å². The second-order valence-corrected chi connectivity index (χ2v) is 8.77. The molecule has 2 aliphatic heterocycles. The van der Waals surface area contributed by atoms with E-state index in [4.69, 9.17) is 0 Å². The van der Waals surface area contributed by atoms with Crippen LogP contribution in [-0.2, 0) is 24.3 Å². The van der Waals surface area contributed by atoms with Gasteiger partial charge in [-0.05, 0) is 42.7 Å². The van der Waals surface area contributed by atoms with E-state index in [-0.39, 0.29) is 29.5 Å². The molecule has 1 N–H and O–H groups in total. The maximum absolute atomic E-state index is 13.4. The minimum Gasteiger partial charge on any atom is -0.352 e. The number of carbonyl (C=O) groups is 2. The van der Waals surface area contributed by atoms with Gasteiger partial charge in [0.05, 0.1) is 5.92 Å². The molecule has 1 fully saturated rings. The first kappa shape index (κ1) is 21.3. The molecule has 1 saturated heterocycles. The molecule has 0 radical (unpaired) electrons. The predicted octanol–water partition coefficient (Wildman–Crippen LogP) is 2.93. The Morgan fingerprint density at radius 1 is 1.03 bits per heavy atom. The van der Waals surface area contributed by atoms with Crippen molar-refractivity contribution in [2.45, 2.75) is 38.3 Å². The van der Waals surface area contributed by atoms with E-state index in [1.54, 1.807) is 12.1 Å². The van der Waals surface area contributed by atoms with Crippen molar-refractivity contribution in [2.24, 2.45) is 5.92 Å². The molecule has 2 aliphatic rings. The van der Waals surface area contributed by atoms with Crippen LogP contribution in [0.25, 0.3) is 0 Å². The zero-order chi connectivity index (χ0) is 22.8. The molecule has 1 aromatic heterocycles. The number of likely N-dealkylation sites (tertiary alicyclic amines) is 1.